The van der Waals surface area contributed by atoms with Crippen molar-refractivity contribution >= 4 is 5.82 Å². The molecule has 0 aliphatic rings. The molecule has 0 aliphatic heterocycles. The van der Waals surface area contributed by atoms with Gasteiger partial charge in [0.05, 0.1) is 19.8 Å². The quantitative estimate of drug-likeness (QED) is 0.649. The maximum atomic E-state index is 5.55. The van der Waals surface area contributed by atoms with Gasteiger partial charge in [0.15, 0.2) is 17.3 Å². The summed E-state index contributed by atoms with van der Waals surface area (Å²) in [6.07, 6.45) is 0.794. The van der Waals surface area contributed by atoms with Gasteiger partial charge in [0, 0.05) is 11.3 Å². The van der Waals surface area contributed by atoms with Crippen LogP contribution >= 0.6 is 0 Å². The van der Waals surface area contributed by atoms with E-state index in [9.17, 15) is 0 Å². The van der Waals surface area contributed by atoms with Gasteiger partial charge in [-0.3, -0.25) is 0 Å². The molecule has 0 aliphatic carbocycles. The van der Waals surface area contributed by atoms with Crippen molar-refractivity contribution in [1.82, 2.24) is 9.97 Å². The molecule has 0 saturated carbocycles. The summed E-state index contributed by atoms with van der Waals surface area (Å²) in [6, 6.07) is 5.60. The van der Waals surface area contributed by atoms with E-state index in [0.29, 0.717) is 23.1 Å². The second kappa shape index (κ2) is 6.41. The number of ether oxygens (including phenoxy) is 2. The van der Waals surface area contributed by atoms with E-state index in [-0.39, 0.29) is 0 Å². The molecule has 112 valence electrons. The first-order valence-corrected chi connectivity index (χ1v) is 6.71. The molecule has 0 unspecified atom stereocenters. The van der Waals surface area contributed by atoms with Crippen molar-refractivity contribution in [3.05, 3.63) is 29.5 Å². The van der Waals surface area contributed by atoms with Crippen molar-refractivity contribution in [2.75, 3.05) is 19.6 Å². The topological polar surface area (TPSA) is 82.3 Å². The van der Waals surface area contributed by atoms with Gasteiger partial charge in [-0.25, -0.2) is 15.8 Å². The molecule has 2 aromatic rings. The number of hydrazine groups is 1. The summed E-state index contributed by atoms with van der Waals surface area (Å²) in [6.45, 7) is 3.99. The molecular formula is C15H20N4O2. The van der Waals surface area contributed by atoms with Gasteiger partial charge >= 0.3 is 0 Å². The number of hydrogen-bond donors (Lipinski definition) is 2. The molecule has 0 saturated heterocycles. The van der Waals surface area contributed by atoms with E-state index in [2.05, 4.69) is 15.4 Å². The van der Waals surface area contributed by atoms with E-state index in [0.717, 1.165) is 23.2 Å². The highest BCUT2D eigenvalue weighted by atomic mass is 16.5. The lowest BCUT2D eigenvalue weighted by Crippen LogP contribution is -2.13. The molecule has 2 rings (SSSR count). The van der Waals surface area contributed by atoms with Gasteiger partial charge in [-0.1, -0.05) is 13.0 Å². The number of nitrogens with two attached hydrogens (primary N) is 1. The van der Waals surface area contributed by atoms with Gasteiger partial charge < -0.3 is 14.9 Å². The van der Waals surface area contributed by atoms with Crippen LogP contribution in [-0.2, 0) is 6.42 Å². The molecule has 0 bridgehead atoms. The predicted molar refractivity (Wildman–Crippen MR) is 82.5 cm³/mol. The Morgan fingerprint density at radius 1 is 1.19 bits per heavy atom. The van der Waals surface area contributed by atoms with Crippen LogP contribution in [0.2, 0.25) is 0 Å². The Morgan fingerprint density at radius 3 is 2.52 bits per heavy atom. The van der Waals surface area contributed by atoms with Crippen LogP contribution in [0.5, 0.6) is 11.5 Å². The minimum atomic E-state index is 0.557. The SMILES string of the molecule is CCc1nc(-c2cccc(OC)c2OC)nc(NN)c1C. The Labute approximate surface area is 124 Å². The molecule has 0 spiro atoms. The van der Waals surface area contributed by atoms with Crippen LogP contribution in [0.25, 0.3) is 11.4 Å². The molecule has 6 nitrogen and oxygen atoms in total. The Balaban J connectivity index is 2.67. The van der Waals surface area contributed by atoms with Crippen LogP contribution in [0, 0.1) is 6.92 Å². The Bertz CT molecular complexity index is 619. The average Bonchev–Trinajstić information content (AvgIpc) is 2.54. The summed E-state index contributed by atoms with van der Waals surface area (Å²) >= 11 is 0. The zero-order valence-electron chi connectivity index (χ0n) is 12.7. The van der Waals surface area contributed by atoms with Gasteiger partial charge in [-0.15, -0.1) is 0 Å². The third-order valence-electron chi connectivity index (χ3n) is 3.36. The molecule has 0 atom stereocenters. The van der Waals surface area contributed by atoms with Crippen LogP contribution in [0.4, 0.5) is 5.82 Å². The number of methoxy groups -OCH3 is 2. The minimum Gasteiger partial charge on any atom is -0.493 e. The van der Waals surface area contributed by atoms with Gasteiger partial charge in [0.2, 0.25) is 0 Å². The van der Waals surface area contributed by atoms with E-state index < -0.39 is 0 Å². The predicted octanol–water partition coefficient (Wildman–Crippen LogP) is 2.32. The lowest BCUT2D eigenvalue weighted by molar-refractivity contribution is 0.356. The van der Waals surface area contributed by atoms with E-state index in [1.54, 1.807) is 14.2 Å². The number of nitrogen functional groups attached to an aromatic ring is 1. The molecule has 0 fully saturated rings. The summed E-state index contributed by atoms with van der Waals surface area (Å²) in [7, 11) is 3.19. The highest BCUT2D eigenvalue weighted by molar-refractivity contribution is 5.70. The minimum absolute atomic E-state index is 0.557. The molecule has 1 aromatic carbocycles. The molecule has 1 heterocycles. The lowest BCUT2D eigenvalue weighted by atomic mass is 10.1. The lowest BCUT2D eigenvalue weighted by Gasteiger charge is -2.14. The zero-order valence-corrected chi connectivity index (χ0v) is 12.7. The summed E-state index contributed by atoms with van der Waals surface area (Å²) in [5.74, 6) is 7.96. The third kappa shape index (κ3) is 2.75. The number of aromatic nitrogens is 2. The fraction of sp³-hybridized carbons (Fsp3) is 0.333. The smallest absolute Gasteiger partial charge is 0.171 e. The van der Waals surface area contributed by atoms with E-state index in [1.807, 2.05) is 32.0 Å². The van der Waals surface area contributed by atoms with Gasteiger partial charge in [0.1, 0.15) is 5.82 Å². The van der Waals surface area contributed by atoms with Crippen molar-refractivity contribution in [3.63, 3.8) is 0 Å². The van der Waals surface area contributed by atoms with Gasteiger partial charge in [-0.2, -0.15) is 0 Å². The second-order valence-electron chi connectivity index (χ2n) is 4.51. The third-order valence-corrected chi connectivity index (χ3v) is 3.36. The largest absolute Gasteiger partial charge is 0.493 e. The van der Waals surface area contributed by atoms with Crippen molar-refractivity contribution in [2.24, 2.45) is 5.84 Å². The number of anilines is 1. The average molecular weight is 288 g/mol. The summed E-state index contributed by atoms with van der Waals surface area (Å²) in [5, 5.41) is 0. The molecule has 0 amide bonds. The molecule has 6 heteroatoms. The van der Waals surface area contributed by atoms with E-state index >= 15 is 0 Å². The molecule has 3 N–H and O–H groups in total. The Hall–Kier alpha value is -2.34. The zero-order chi connectivity index (χ0) is 15.4. The molecule has 0 radical (unpaired) electrons. The summed E-state index contributed by atoms with van der Waals surface area (Å²) in [4.78, 5) is 9.08. The first-order valence-electron chi connectivity index (χ1n) is 6.71. The Kier molecular flexibility index (Phi) is 4.59. The first-order chi connectivity index (χ1) is 10.2. The second-order valence-corrected chi connectivity index (χ2v) is 4.51. The van der Waals surface area contributed by atoms with Gasteiger partial charge in [-0.05, 0) is 25.5 Å². The number of nitrogens with one attached hydrogen (secondary N) is 1. The van der Waals surface area contributed by atoms with Crippen LogP contribution in [0.3, 0.4) is 0 Å². The highest BCUT2D eigenvalue weighted by Crippen LogP contribution is 2.37. The normalized spacial score (nSPS) is 10.3. The molecule has 21 heavy (non-hydrogen) atoms. The molecular weight excluding hydrogens is 268 g/mol. The van der Waals surface area contributed by atoms with Crippen molar-refractivity contribution in [1.29, 1.82) is 0 Å². The Morgan fingerprint density at radius 2 is 1.95 bits per heavy atom. The maximum Gasteiger partial charge on any atom is 0.171 e. The number of benzene rings is 1. The number of aryl methyl sites for hydroxylation is 1. The van der Waals surface area contributed by atoms with Crippen LogP contribution in [-0.4, -0.2) is 24.2 Å². The van der Waals surface area contributed by atoms with Crippen LogP contribution in [0.15, 0.2) is 18.2 Å². The summed E-state index contributed by atoms with van der Waals surface area (Å²) in [5.41, 5.74) is 5.28. The monoisotopic (exact) mass is 288 g/mol. The van der Waals surface area contributed by atoms with Crippen molar-refractivity contribution in [3.8, 4) is 22.9 Å². The van der Waals surface area contributed by atoms with Crippen LogP contribution < -0.4 is 20.7 Å². The standard InChI is InChI=1S/C15H20N4O2/c1-5-11-9(2)14(19-16)18-15(17-11)10-7-6-8-12(20-3)13(10)21-4/h6-8H,5,16H2,1-4H3,(H,17,18,19). The van der Waals surface area contributed by atoms with Crippen molar-refractivity contribution in [2.45, 2.75) is 20.3 Å². The molecule has 1 aromatic heterocycles. The van der Waals surface area contributed by atoms with Crippen LogP contribution in [0.1, 0.15) is 18.2 Å². The van der Waals surface area contributed by atoms with Gasteiger partial charge in [0.25, 0.3) is 0 Å². The maximum absolute atomic E-state index is 5.55. The van der Waals surface area contributed by atoms with Crippen molar-refractivity contribution < 1.29 is 9.47 Å². The highest BCUT2D eigenvalue weighted by Gasteiger charge is 2.16. The first kappa shape index (κ1) is 15.1. The number of hydrogen-bond acceptors (Lipinski definition) is 6. The number of para-hydroxylation sites is 1. The number of nitrogens with zero attached hydrogens (tertiary/aromatic N) is 2. The number of rotatable bonds is 5. The van der Waals surface area contributed by atoms with E-state index in [4.69, 9.17) is 15.3 Å². The summed E-state index contributed by atoms with van der Waals surface area (Å²) < 4.78 is 10.8. The van der Waals surface area contributed by atoms with E-state index in [1.165, 1.54) is 0 Å². The fourth-order valence-electron chi connectivity index (χ4n) is 2.23. The fourth-order valence-corrected chi connectivity index (χ4v) is 2.23.